The average Bonchev–Trinajstić information content (AvgIpc) is 3.08. The minimum Gasteiger partial charge on any atom is -0.304 e. The first-order valence-corrected chi connectivity index (χ1v) is 6.61. The Balaban J connectivity index is 1.71. The van der Waals surface area contributed by atoms with E-state index in [-0.39, 0.29) is 6.03 Å². The van der Waals surface area contributed by atoms with Crippen LogP contribution in [0.4, 0.5) is 4.79 Å². The SMILES string of the molecule is C[n+]1ccn(C(=O)N2CCC(c3ccccc3)C2)c1. The number of hydrogen-bond acceptors (Lipinski definition) is 1. The van der Waals surface area contributed by atoms with Crippen LogP contribution < -0.4 is 4.57 Å². The second-order valence-electron chi connectivity index (χ2n) is 5.11. The van der Waals surface area contributed by atoms with Crippen molar-refractivity contribution in [2.24, 2.45) is 7.05 Å². The third-order valence-corrected chi connectivity index (χ3v) is 3.72. The van der Waals surface area contributed by atoms with E-state index in [1.165, 1.54) is 5.56 Å². The van der Waals surface area contributed by atoms with Crippen LogP contribution in [-0.4, -0.2) is 28.6 Å². The number of carbonyl (C=O) groups excluding carboxylic acids is 1. The number of rotatable bonds is 1. The van der Waals surface area contributed by atoms with Crippen LogP contribution in [0.25, 0.3) is 0 Å². The predicted molar refractivity (Wildman–Crippen MR) is 71.8 cm³/mol. The van der Waals surface area contributed by atoms with Crippen LogP contribution in [0.1, 0.15) is 17.9 Å². The van der Waals surface area contributed by atoms with Crippen LogP contribution in [0.5, 0.6) is 0 Å². The molecule has 1 saturated heterocycles. The summed E-state index contributed by atoms with van der Waals surface area (Å²) in [6.45, 7) is 1.64. The molecule has 0 spiro atoms. The fourth-order valence-electron chi connectivity index (χ4n) is 2.66. The second kappa shape index (κ2) is 4.88. The first-order chi connectivity index (χ1) is 9.24. The van der Waals surface area contributed by atoms with Crippen LogP contribution in [0, 0.1) is 0 Å². The van der Waals surface area contributed by atoms with Gasteiger partial charge in [-0.15, -0.1) is 0 Å². The minimum atomic E-state index is 0.0685. The van der Waals surface area contributed by atoms with Gasteiger partial charge in [-0.25, -0.2) is 9.36 Å². The van der Waals surface area contributed by atoms with E-state index in [2.05, 4.69) is 24.3 Å². The van der Waals surface area contributed by atoms with Gasteiger partial charge in [-0.05, 0) is 12.0 Å². The highest BCUT2D eigenvalue weighted by atomic mass is 16.2. The molecule has 2 heterocycles. The molecule has 3 rings (SSSR count). The molecule has 1 aliphatic heterocycles. The highest BCUT2D eigenvalue weighted by Gasteiger charge is 2.30. The number of carbonyl (C=O) groups is 1. The standard InChI is InChI=1S/C15H18N3O/c1-16-9-10-18(12-16)15(19)17-8-7-14(11-17)13-5-3-2-4-6-13/h2-6,9-10,12,14H,7-8,11H2,1H3/q+1. The van der Waals surface area contributed by atoms with Crippen LogP contribution in [0.15, 0.2) is 49.1 Å². The fraction of sp³-hybridized carbons (Fsp3) is 0.333. The van der Waals surface area contributed by atoms with Crippen molar-refractivity contribution in [2.75, 3.05) is 13.1 Å². The lowest BCUT2D eigenvalue weighted by Crippen LogP contribution is -2.33. The van der Waals surface area contributed by atoms with Crippen LogP contribution >= 0.6 is 0 Å². The maximum Gasteiger partial charge on any atom is 0.415 e. The number of benzene rings is 1. The van der Waals surface area contributed by atoms with Crippen LogP contribution in [-0.2, 0) is 7.05 Å². The van der Waals surface area contributed by atoms with Crippen molar-refractivity contribution < 1.29 is 9.36 Å². The highest BCUT2D eigenvalue weighted by Crippen LogP contribution is 2.27. The Bertz CT molecular complexity index is 576. The van der Waals surface area contributed by atoms with Crippen LogP contribution in [0.2, 0.25) is 0 Å². The summed E-state index contributed by atoms with van der Waals surface area (Å²) in [4.78, 5) is 14.2. The number of amides is 1. The summed E-state index contributed by atoms with van der Waals surface area (Å²) in [5, 5.41) is 0. The zero-order valence-electron chi connectivity index (χ0n) is 11.1. The zero-order valence-corrected chi connectivity index (χ0v) is 11.1. The molecule has 1 aliphatic rings. The lowest BCUT2D eigenvalue weighted by molar-refractivity contribution is -0.670. The highest BCUT2D eigenvalue weighted by molar-refractivity contribution is 5.76. The molecule has 1 amide bonds. The molecule has 0 radical (unpaired) electrons. The fourth-order valence-corrected chi connectivity index (χ4v) is 2.66. The van der Waals surface area contributed by atoms with Crippen molar-refractivity contribution in [3.8, 4) is 0 Å². The van der Waals surface area contributed by atoms with Crippen molar-refractivity contribution in [1.82, 2.24) is 9.47 Å². The van der Waals surface area contributed by atoms with E-state index in [9.17, 15) is 4.79 Å². The van der Waals surface area contributed by atoms with Crippen molar-refractivity contribution in [3.05, 3.63) is 54.6 Å². The number of aryl methyl sites for hydroxylation is 1. The number of nitrogens with zero attached hydrogens (tertiary/aromatic N) is 3. The Morgan fingerprint density at radius 1 is 1.32 bits per heavy atom. The molecule has 4 nitrogen and oxygen atoms in total. The molecule has 1 aromatic carbocycles. The van der Waals surface area contributed by atoms with Crippen molar-refractivity contribution in [3.63, 3.8) is 0 Å². The number of likely N-dealkylation sites (tertiary alicyclic amines) is 1. The molecule has 0 saturated carbocycles. The molecular weight excluding hydrogens is 238 g/mol. The molecule has 1 aromatic heterocycles. The lowest BCUT2D eigenvalue weighted by Gasteiger charge is -2.13. The van der Waals surface area contributed by atoms with Crippen molar-refractivity contribution in [1.29, 1.82) is 0 Å². The monoisotopic (exact) mass is 256 g/mol. The van der Waals surface area contributed by atoms with E-state index in [1.807, 2.05) is 28.8 Å². The van der Waals surface area contributed by atoms with Crippen molar-refractivity contribution >= 4 is 6.03 Å². The van der Waals surface area contributed by atoms with E-state index in [0.717, 1.165) is 19.5 Å². The summed E-state index contributed by atoms with van der Waals surface area (Å²) in [5.74, 6) is 0.467. The van der Waals surface area contributed by atoms with E-state index in [0.29, 0.717) is 5.92 Å². The zero-order chi connectivity index (χ0) is 13.2. The third-order valence-electron chi connectivity index (χ3n) is 3.72. The largest absolute Gasteiger partial charge is 0.415 e. The molecule has 2 aromatic rings. The van der Waals surface area contributed by atoms with E-state index in [1.54, 1.807) is 17.1 Å². The van der Waals surface area contributed by atoms with Gasteiger partial charge in [0.1, 0.15) is 12.4 Å². The molecule has 0 N–H and O–H groups in total. The topological polar surface area (TPSA) is 29.1 Å². The van der Waals surface area contributed by atoms with Gasteiger partial charge in [-0.2, -0.15) is 4.57 Å². The van der Waals surface area contributed by atoms with Gasteiger partial charge in [0.05, 0.1) is 7.05 Å². The molecule has 1 atom stereocenters. The molecule has 0 bridgehead atoms. The summed E-state index contributed by atoms with van der Waals surface area (Å²) in [5.41, 5.74) is 1.33. The number of aromatic nitrogens is 2. The van der Waals surface area contributed by atoms with Gasteiger partial charge in [0.15, 0.2) is 0 Å². The first kappa shape index (κ1) is 12.0. The van der Waals surface area contributed by atoms with Gasteiger partial charge >= 0.3 is 6.03 Å². The molecular formula is C15H18N3O+. The van der Waals surface area contributed by atoms with Gasteiger partial charge in [0.25, 0.3) is 6.33 Å². The summed E-state index contributed by atoms with van der Waals surface area (Å²) in [7, 11) is 1.92. The van der Waals surface area contributed by atoms with E-state index in [4.69, 9.17) is 0 Å². The number of hydrogen-bond donors (Lipinski definition) is 0. The molecule has 98 valence electrons. The summed E-state index contributed by atoms with van der Waals surface area (Å²) in [6.07, 6.45) is 6.53. The Morgan fingerprint density at radius 3 is 2.79 bits per heavy atom. The molecule has 19 heavy (non-hydrogen) atoms. The summed E-state index contributed by atoms with van der Waals surface area (Å²) < 4.78 is 3.52. The number of imidazole rings is 1. The molecule has 1 unspecified atom stereocenters. The van der Waals surface area contributed by atoms with Gasteiger partial charge in [0, 0.05) is 19.0 Å². The van der Waals surface area contributed by atoms with Gasteiger partial charge in [-0.1, -0.05) is 30.3 Å². The lowest BCUT2D eigenvalue weighted by atomic mass is 9.99. The molecule has 1 fully saturated rings. The maximum atomic E-state index is 12.3. The normalized spacial score (nSPS) is 18.8. The second-order valence-corrected chi connectivity index (χ2v) is 5.11. The van der Waals surface area contributed by atoms with E-state index >= 15 is 0 Å². The summed E-state index contributed by atoms with van der Waals surface area (Å²) in [6, 6.07) is 10.5. The Hall–Kier alpha value is -2.10. The van der Waals surface area contributed by atoms with Crippen LogP contribution in [0.3, 0.4) is 0 Å². The quantitative estimate of drug-likeness (QED) is 0.715. The maximum absolute atomic E-state index is 12.3. The Labute approximate surface area is 112 Å². The third kappa shape index (κ3) is 2.38. The van der Waals surface area contributed by atoms with Gasteiger partial charge < -0.3 is 4.90 Å². The van der Waals surface area contributed by atoms with Crippen molar-refractivity contribution in [2.45, 2.75) is 12.3 Å². The Morgan fingerprint density at radius 2 is 2.11 bits per heavy atom. The smallest absolute Gasteiger partial charge is 0.304 e. The predicted octanol–water partition coefficient (Wildman–Crippen LogP) is 1.77. The van der Waals surface area contributed by atoms with Gasteiger partial charge in [-0.3, -0.25) is 0 Å². The molecule has 4 heteroatoms. The Kier molecular flexibility index (Phi) is 3.07. The average molecular weight is 256 g/mol. The van der Waals surface area contributed by atoms with E-state index < -0.39 is 0 Å². The molecule has 0 aliphatic carbocycles. The minimum absolute atomic E-state index is 0.0685. The summed E-state index contributed by atoms with van der Waals surface area (Å²) >= 11 is 0. The van der Waals surface area contributed by atoms with Gasteiger partial charge in [0.2, 0.25) is 0 Å². The first-order valence-electron chi connectivity index (χ1n) is 6.61.